The molecular formula is C13H18N2O2. The van der Waals surface area contributed by atoms with E-state index < -0.39 is 5.91 Å². The molecule has 0 unspecified atom stereocenters. The van der Waals surface area contributed by atoms with E-state index >= 15 is 0 Å². The molecule has 0 aliphatic heterocycles. The van der Waals surface area contributed by atoms with Gasteiger partial charge in [0.25, 0.3) is 5.91 Å². The molecule has 92 valence electrons. The van der Waals surface area contributed by atoms with Gasteiger partial charge >= 0.3 is 0 Å². The summed E-state index contributed by atoms with van der Waals surface area (Å²) in [6, 6.07) is 1.69. The molecule has 0 fully saturated rings. The molecule has 0 radical (unpaired) electrons. The maximum atomic E-state index is 11.0. The van der Waals surface area contributed by atoms with E-state index in [2.05, 4.69) is 18.1 Å². The van der Waals surface area contributed by atoms with E-state index in [1.54, 1.807) is 6.07 Å². The average Bonchev–Trinajstić information content (AvgIpc) is 2.61. The minimum atomic E-state index is -0.543. The van der Waals surface area contributed by atoms with Crippen molar-refractivity contribution in [2.45, 2.75) is 13.5 Å². The van der Waals surface area contributed by atoms with Crippen molar-refractivity contribution in [2.75, 3.05) is 13.1 Å². The van der Waals surface area contributed by atoms with Gasteiger partial charge in [-0.05, 0) is 13.0 Å². The smallest absolute Gasteiger partial charge is 0.284 e. The van der Waals surface area contributed by atoms with Crippen LogP contribution in [0.5, 0.6) is 0 Å². The highest BCUT2D eigenvalue weighted by atomic mass is 16.3. The second-order valence-corrected chi connectivity index (χ2v) is 3.83. The molecule has 1 rings (SSSR count). The van der Waals surface area contributed by atoms with Gasteiger partial charge in [-0.2, -0.15) is 0 Å². The molecule has 0 saturated heterocycles. The van der Waals surface area contributed by atoms with Gasteiger partial charge in [-0.25, -0.2) is 0 Å². The quantitative estimate of drug-likeness (QED) is 0.732. The largest absolute Gasteiger partial charge is 0.456 e. The van der Waals surface area contributed by atoms with Gasteiger partial charge in [-0.3, -0.25) is 9.69 Å². The molecule has 17 heavy (non-hydrogen) atoms. The third-order valence-corrected chi connectivity index (χ3v) is 2.43. The predicted molar refractivity (Wildman–Crippen MR) is 67.6 cm³/mol. The van der Waals surface area contributed by atoms with Crippen LogP contribution in [-0.4, -0.2) is 23.9 Å². The molecule has 1 heterocycles. The number of aryl methyl sites for hydroxylation is 1. The Morgan fingerprint density at radius 2 is 2.06 bits per heavy atom. The normalized spacial score (nSPS) is 10.5. The van der Waals surface area contributed by atoms with Crippen molar-refractivity contribution in [3.05, 3.63) is 48.5 Å². The molecule has 0 spiro atoms. The van der Waals surface area contributed by atoms with E-state index in [1.807, 2.05) is 19.1 Å². The molecule has 4 nitrogen and oxygen atoms in total. The highest BCUT2D eigenvalue weighted by molar-refractivity contribution is 5.90. The van der Waals surface area contributed by atoms with Gasteiger partial charge in [0, 0.05) is 25.2 Å². The summed E-state index contributed by atoms with van der Waals surface area (Å²) in [5.41, 5.74) is 6.13. The minimum Gasteiger partial charge on any atom is -0.456 e. The lowest BCUT2D eigenvalue weighted by molar-refractivity contribution is 0.0972. The van der Waals surface area contributed by atoms with Crippen molar-refractivity contribution in [3.63, 3.8) is 0 Å². The number of carbonyl (C=O) groups is 1. The van der Waals surface area contributed by atoms with Crippen LogP contribution in [-0.2, 0) is 6.54 Å². The van der Waals surface area contributed by atoms with Gasteiger partial charge in [0.15, 0.2) is 5.76 Å². The van der Waals surface area contributed by atoms with Crippen LogP contribution in [0.1, 0.15) is 21.9 Å². The zero-order valence-corrected chi connectivity index (χ0v) is 10.1. The lowest BCUT2D eigenvalue weighted by Gasteiger charge is -2.17. The SMILES string of the molecule is C=CCN(CC=C)Cc1cc(C(N)=O)oc1C. The summed E-state index contributed by atoms with van der Waals surface area (Å²) in [4.78, 5) is 13.1. The Labute approximate surface area is 101 Å². The zero-order valence-electron chi connectivity index (χ0n) is 10.1. The summed E-state index contributed by atoms with van der Waals surface area (Å²) in [5.74, 6) is 0.380. The molecule has 1 aromatic rings. The molecular weight excluding hydrogens is 216 g/mol. The highest BCUT2D eigenvalue weighted by Crippen LogP contribution is 2.16. The fourth-order valence-corrected chi connectivity index (χ4v) is 1.61. The summed E-state index contributed by atoms with van der Waals surface area (Å²) in [7, 11) is 0. The molecule has 1 aromatic heterocycles. The van der Waals surface area contributed by atoms with Gasteiger partial charge in [-0.1, -0.05) is 12.2 Å². The van der Waals surface area contributed by atoms with Crippen LogP contribution in [0.15, 0.2) is 35.8 Å². The first-order chi connectivity index (χ1) is 8.08. The Hall–Kier alpha value is -1.81. The summed E-state index contributed by atoms with van der Waals surface area (Å²) < 4.78 is 5.28. The number of furan rings is 1. The number of hydrogen-bond donors (Lipinski definition) is 1. The van der Waals surface area contributed by atoms with E-state index in [1.165, 1.54) is 0 Å². The second-order valence-electron chi connectivity index (χ2n) is 3.83. The van der Waals surface area contributed by atoms with Crippen molar-refractivity contribution in [2.24, 2.45) is 5.73 Å². The van der Waals surface area contributed by atoms with Crippen LogP contribution in [0.25, 0.3) is 0 Å². The Kier molecular flexibility index (Phi) is 4.72. The Bertz CT molecular complexity index is 411. The van der Waals surface area contributed by atoms with Crippen LogP contribution in [0.3, 0.4) is 0 Å². The number of amides is 1. The first kappa shape index (κ1) is 13.3. The summed E-state index contributed by atoms with van der Waals surface area (Å²) >= 11 is 0. The Morgan fingerprint density at radius 3 is 2.47 bits per heavy atom. The first-order valence-electron chi connectivity index (χ1n) is 5.41. The lowest BCUT2D eigenvalue weighted by Crippen LogP contribution is -2.23. The number of rotatable bonds is 7. The predicted octanol–water partition coefficient (Wildman–Crippen LogP) is 1.86. The number of primary amides is 1. The molecule has 0 atom stereocenters. The van der Waals surface area contributed by atoms with Crippen LogP contribution in [0, 0.1) is 6.92 Å². The van der Waals surface area contributed by atoms with E-state index in [0.717, 1.165) is 24.4 Å². The Balaban J connectivity index is 2.80. The van der Waals surface area contributed by atoms with Gasteiger partial charge < -0.3 is 10.2 Å². The number of nitrogens with two attached hydrogens (primary N) is 1. The molecule has 0 aliphatic rings. The fraction of sp³-hybridized carbons (Fsp3) is 0.308. The molecule has 0 saturated carbocycles. The molecule has 2 N–H and O–H groups in total. The topological polar surface area (TPSA) is 59.5 Å². The van der Waals surface area contributed by atoms with Crippen LogP contribution in [0.4, 0.5) is 0 Å². The summed E-state index contributed by atoms with van der Waals surface area (Å²) in [6.45, 7) is 11.4. The standard InChI is InChI=1S/C13H18N2O2/c1-4-6-15(7-5-2)9-11-8-12(13(14)16)17-10(11)3/h4-5,8H,1-2,6-7,9H2,3H3,(H2,14,16). The summed E-state index contributed by atoms with van der Waals surface area (Å²) in [6.07, 6.45) is 3.65. The van der Waals surface area contributed by atoms with E-state index in [0.29, 0.717) is 6.54 Å². The van der Waals surface area contributed by atoms with Gasteiger partial charge in [-0.15, -0.1) is 13.2 Å². The molecule has 4 heteroatoms. The maximum absolute atomic E-state index is 11.0. The zero-order chi connectivity index (χ0) is 12.8. The third kappa shape index (κ3) is 3.60. The molecule has 0 aliphatic carbocycles. The fourth-order valence-electron chi connectivity index (χ4n) is 1.61. The number of hydrogen-bond acceptors (Lipinski definition) is 3. The third-order valence-electron chi connectivity index (χ3n) is 2.43. The van der Waals surface area contributed by atoms with Crippen molar-refractivity contribution in [1.29, 1.82) is 0 Å². The monoisotopic (exact) mass is 234 g/mol. The Morgan fingerprint density at radius 1 is 1.47 bits per heavy atom. The van der Waals surface area contributed by atoms with E-state index in [9.17, 15) is 4.79 Å². The first-order valence-corrected chi connectivity index (χ1v) is 5.41. The van der Waals surface area contributed by atoms with Crippen molar-refractivity contribution < 1.29 is 9.21 Å². The van der Waals surface area contributed by atoms with Crippen LogP contribution >= 0.6 is 0 Å². The van der Waals surface area contributed by atoms with Crippen LogP contribution < -0.4 is 5.73 Å². The minimum absolute atomic E-state index is 0.203. The summed E-state index contributed by atoms with van der Waals surface area (Å²) in [5, 5.41) is 0. The molecule has 0 bridgehead atoms. The highest BCUT2D eigenvalue weighted by Gasteiger charge is 2.13. The van der Waals surface area contributed by atoms with Gasteiger partial charge in [0.05, 0.1) is 0 Å². The van der Waals surface area contributed by atoms with E-state index in [-0.39, 0.29) is 5.76 Å². The average molecular weight is 234 g/mol. The van der Waals surface area contributed by atoms with Crippen molar-refractivity contribution in [1.82, 2.24) is 4.90 Å². The van der Waals surface area contributed by atoms with Crippen LogP contribution in [0.2, 0.25) is 0 Å². The molecule has 0 aromatic carbocycles. The lowest BCUT2D eigenvalue weighted by atomic mass is 10.2. The second kappa shape index (κ2) is 6.06. The number of nitrogens with zero attached hydrogens (tertiary/aromatic N) is 1. The van der Waals surface area contributed by atoms with Crippen molar-refractivity contribution in [3.8, 4) is 0 Å². The van der Waals surface area contributed by atoms with Crippen molar-refractivity contribution >= 4 is 5.91 Å². The van der Waals surface area contributed by atoms with Gasteiger partial charge in [0.2, 0.25) is 0 Å². The maximum Gasteiger partial charge on any atom is 0.284 e. The van der Waals surface area contributed by atoms with Gasteiger partial charge in [0.1, 0.15) is 5.76 Å². The van der Waals surface area contributed by atoms with E-state index in [4.69, 9.17) is 10.2 Å². The molecule has 1 amide bonds. The number of carbonyl (C=O) groups excluding carboxylic acids is 1.